The summed E-state index contributed by atoms with van der Waals surface area (Å²) in [7, 11) is 1.50. The molecule has 0 aromatic carbocycles. The highest BCUT2D eigenvalue weighted by Crippen LogP contribution is 2.13. The monoisotopic (exact) mass is 166 g/mol. The molecular formula is C8H10N2O2. The van der Waals surface area contributed by atoms with Crippen LogP contribution >= 0.6 is 0 Å². The van der Waals surface area contributed by atoms with Crippen molar-refractivity contribution in [1.29, 1.82) is 0 Å². The second-order valence-electron chi connectivity index (χ2n) is 3.10. The summed E-state index contributed by atoms with van der Waals surface area (Å²) in [5.41, 5.74) is 1.19. The highest BCUT2D eigenvalue weighted by Gasteiger charge is 2.16. The van der Waals surface area contributed by atoms with Crippen LogP contribution in [0, 0.1) is 0 Å². The summed E-state index contributed by atoms with van der Waals surface area (Å²) in [5, 5.41) is 0. The van der Waals surface area contributed by atoms with Gasteiger partial charge >= 0.3 is 5.69 Å². The second kappa shape index (κ2) is 2.33. The zero-order chi connectivity index (χ0) is 8.72. The van der Waals surface area contributed by atoms with E-state index in [9.17, 15) is 9.59 Å². The summed E-state index contributed by atoms with van der Waals surface area (Å²) in [5.74, 6) is 0. The van der Waals surface area contributed by atoms with Gasteiger partial charge in [0.1, 0.15) is 0 Å². The highest BCUT2D eigenvalue weighted by molar-refractivity contribution is 5.21. The van der Waals surface area contributed by atoms with Gasteiger partial charge in [-0.3, -0.25) is 9.36 Å². The summed E-state index contributed by atoms with van der Waals surface area (Å²) in [4.78, 5) is 25.2. The second-order valence-corrected chi connectivity index (χ2v) is 3.10. The lowest BCUT2D eigenvalue weighted by atomic mass is 10.3. The Morgan fingerprint density at radius 2 is 2.08 bits per heavy atom. The van der Waals surface area contributed by atoms with Crippen molar-refractivity contribution in [3.05, 3.63) is 32.1 Å². The first-order valence-corrected chi connectivity index (χ1v) is 4.01. The summed E-state index contributed by atoms with van der Waals surface area (Å²) in [6, 6.07) is 0. The first-order valence-electron chi connectivity index (χ1n) is 4.01. The summed E-state index contributed by atoms with van der Waals surface area (Å²) in [6.07, 6.45) is 2.62. The molecule has 1 aliphatic rings. The molecule has 4 heteroatoms. The predicted molar refractivity (Wildman–Crippen MR) is 44.3 cm³/mol. The Morgan fingerprint density at radius 1 is 1.33 bits per heavy atom. The quantitative estimate of drug-likeness (QED) is 0.568. The van der Waals surface area contributed by atoms with Gasteiger partial charge in [0.05, 0.1) is 0 Å². The molecule has 0 bridgehead atoms. The lowest BCUT2D eigenvalue weighted by molar-refractivity contribution is 0.754. The number of H-pyrrole nitrogens is 1. The van der Waals surface area contributed by atoms with Crippen LogP contribution in [-0.4, -0.2) is 9.55 Å². The van der Waals surface area contributed by atoms with Crippen molar-refractivity contribution in [1.82, 2.24) is 9.55 Å². The van der Waals surface area contributed by atoms with E-state index in [0.29, 0.717) is 0 Å². The van der Waals surface area contributed by atoms with E-state index in [1.165, 1.54) is 7.05 Å². The SMILES string of the molecule is Cn1c(=O)[nH]c2c(c1=O)CCC2. The molecule has 0 atom stereocenters. The van der Waals surface area contributed by atoms with Gasteiger partial charge in [-0.15, -0.1) is 0 Å². The number of nitrogens with one attached hydrogen (secondary N) is 1. The zero-order valence-corrected chi connectivity index (χ0v) is 6.89. The Kier molecular flexibility index (Phi) is 1.43. The largest absolute Gasteiger partial charge is 0.328 e. The van der Waals surface area contributed by atoms with E-state index in [2.05, 4.69) is 4.98 Å². The number of nitrogens with zero attached hydrogens (tertiary/aromatic N) is 1. The molecule has 2 rings (SSSR count). The fourth-order valence-electron chi connectivity index (χ4n) is 1.63. The summed E-state index contributed by atoms with van der Waals surface area (Å²) in [6.45, 7) is 0. The molecule has 1 N–H and O–H groups in total. The average molecular weight is 166 g/mol. The lowest BCUT2D eigenvalue weighted by Crippen LogP contribution is -2.35. The van der Waals surface area contributed by atoms with E-state index in [1.807, 2.05) is 0 Å². The topological polar surface area (TPSA) is 54.9 Å². The summed E-state index contributed by atoms with van der Waals surface area (Å²) < 4.78 is 1.13. The summed E-state index contributed by atoms with van der Waals surface area (Å²) >= 11 is 0. The Labute approximate surface area is 68.9 Å². The van der Waals surface area contributed by atoms with Crippen molar-refractivity contribution >= 4 is 0 Å². The number of hydrogen-bond acceptors (Lipinski definition) is 2. The van der Waals surface area contributed by atoms with Crippen LogP contribution < -0.4 is 11.2 Å². The van der Waals surface area contributed by atoms with Crippen LogP contribution in [0.2, 0.25) is 0 Å². The molecule has 1 heterocycles. The molecular weight excluding hydrogens is 156 g/mol. The van der Waals surface area contributed by atoms with Gasteiger partial charge in [0.25, 0.3) is 5.56 Å². The van der Waals surface area contributed by atoms with Crippen molar-refractivity contribution in [2.75, 3.05) is 0 Å². The van der Waals surface area contributed by atoms with Crippen LogP contribution in [0.3, 0.4) is 0 Å². The number of aromatic nitrogens is 2. The number of hydrogen-bond donors (Lipinski definition) is 1. The Hall–Kier alpha value is -1.32. The fraction of sp³-hybridized carbons (Fsp3) is 0.500. The molecule has 0 aliphatic heterocycles. The normalized spacial score (nSPS) is 14.8. The van der Waals surface area contributed by atoms with Gasteiger partial charge in [-0.1, -0.05) is 0 Å². The van der Waals surface area contributed by atoms with Crippen LogP contribution in [0.25, 0.3) is 0 Å². The van der Waals surface area contributed by atoms with E-state index >= 15 is 0 Å². The van der Waals surface area contributed by atoms with Crippen molar-refractivity contribution in [2.24, 2.45) is 7.05 Å². The smallest absolute Gasteiger partial charge is 0.311 e. The molecule has 1 aromatic rings. The minimum absolute atomic E-state index is 0.133. The standard InChI is InChI=1S/C8H10N2O2/c1-10-7(11)5-3-2-4-6(5)9-8(10)12/h2-4H2,1H3,(H,9,12). The molecule has 0 unspecified atom stereocenters. The van der Waals surface area contributed by atoms with Crippen molar-refractivity contribution in [2.45, 2.75) is 19.3 Å². The molecule has 1 aromatic heterocycles. The first-order chi connectivity index (χ1) is 5.70. The van der Waals surface area contributed by atoms with E-state index in [4.69, 9.17) is 0 Å². The van der Waals surface area contributed by atoms with Crippen LogP contribution in [-0.2, 0) is 19.9 Å². The van der Waals surface area contributed by atoms with E-state index in [0.717, 1.165) is 35.1 Å². The van der Waals surface area contributed by atoms with Gasteiger partial charge in [0.15, 0.2) is 0 Å². The van der Waals surface area contributed by atoms with Crippen molar-refractivity contribution in [3.63, 3.8) is 0 Å². The van der Waals surface area contributed by atoms with E-state index in [-0.39, 0.29) is 11.2 Å². The Balaban J connectivity index is 2.85. The predicted octanol–water partition coefficient (Wildman–Crippen LogP) is -0.438. The molecule has 4 nitrogen and oxygen atoms in total. The van der Waals surface area contributed by atoms with Crippen LogP contribution in [0.15, 0.2) is 9.59 Å². The van der Waals surface area contributed by atoms with Gasteiger partial charge < -0.3 is 4.98 Å². The number of aromatic amines is 1. The van der Waals surface area contributed by atoms with Crippen molar-refractivity contribution < 1.29 is 0 Å². The number of rotatable bonds is 0. The molecule has 0 amide bonds. The van der Waals surface area contributed by atoms with Gasteiger partial charge in [-0.25, -0.2) is 4.79 Å². The molecule has 0 saturated carbocycles. The van der Waals surface area contributed by atoms with Crippen LogP contribution in [0.1, 0.15) is 17.7 Å². The van der Waals surface area contributed by atoms with E-state index < -0.39 is 0 Å². The van der Waals surface area contributed by atoms with Crippen molar-refractivity contribution in [3.8, 4) is 0 Å². The molecule has 0 fully saturated rings. The zero-order valence-electron chi connectivity index (χ0n) is 6.89. The first kappa shape index (κ1) is 7.34. The Morgan fingerprint density at radius 3 is 2.83 bits per heavy atom. The third-order valence-corrected chi connectivity index (χ3v) is 2.34. The van der Waals surface area contributed by atoms with Gasteiger partial charge in [-0.2, -0.15) is 0 Å². The number of fused-ring (bicyclic) bond motifs is 1. The maximum absolute atomic E-state index is 11.4. The average Bonchev–Trinajstić information content (AvgIpc) is 2.48. The molecule has 64 valence electrons. The van der Waals surface area contributed by atoms with Gasteiger partial charge in [0, 0.05) is 18.3 Å². The van der Waals surface area contributed by atoms with Gasteiger partial charge in [-0.05, 0) is 19.3 Å². The number of aryl methyl sites for hydroxylation is 1. The maximum atomic E-state index is 11.4. The molecule has 0 radical (unpaired) electrons. The van der Waals surface area contributed by atoms with Crippen LogP contribution in [0.5, 0.6) is 0 Å². The highest BCUT2D eigenvalue weighted by atomic mass is 16.2. The minimum atomic E-state index is -0.305. The molecule has 12 heavy (non-hydrogen) atoms. The van der Waals surface area contributed by atoms with Gasteiger partial charge in [0.2, 0.25) is 0 Å². The third kappa shape index (κ3) is 0.841. The molecule has 1 aliphatic carbocycles. The molecule has 0 spiro atoms. The molecule has 0 saturated heterocycles. The minimum Gasteiger partial charge on any atom is -0.311 e. The fourth-order valence-corrected chi connectivity index (χ4v) is 1.63. The third-order valence-electron chi connectivity index (χ3n) is 2.34. The Bertz CT molecular complexity index is 428. The maximum Gasteiger partial charge on any atom is 0.328 e. The van der Waals surface area contributed by atoms with Crippen LogP contribution in [0.4, 0.5) is 0 Å². The lowest BCUT2D eigenvalue weighted by Gasteiger charge is -1.99. The van der Waals surface area contributed by atoms with E-state index in [1.54, 1.807) is 0 Å².